The van der Waals surface area contributed by atoms with Crippen LogP contribution in [0.3, 0.4) is 0 Å². The summed E-state index contributed by atoms with van der Waals surface area (Å²) in [6, 6.07) is 4.76. The fourth-order valence-electron chi connectivity index (χ4n) is 2.00. The summed E-state index contributed by atoms with van der Waals surface area (Å²) in [5.41, 5.74) is 0.416. The molecule has 3 nitrogen and oxygen atoms in total. The van der Waals surface area contributed by atoms with Gasteiger partial charge >= 0.3 is 0 Å². The number of likely N-dealkylation sites (tertiary alicyclic amines) is 1. The second-order valence-corrected chi connectivity index (χ2v) is 5.16. The van der Waals surface area contributed by atoms with Crippen molar-refractivity contribution in [2.45, 2.75) is 19.3 Å². The molecule has 0 radical (unpaired) electrons. The monoisotopic (exact) mass is 285 g/mol. The third-order valence-electron chi connectivity index (χ3n) is 2.99. The first-order chi connectivity index (χ1) is 8.58. The average Bonchev–Trinajstić information content (AvgIpc) is 2.32. The standard InChI is InChI=1S/C13H13Cl2NO2/c14-9-4-5-10(11(15)7-9)12(17)8-16-6-2-1-3-13(16)18/h4-5,7H,1-3,6,8H2. The van der Waals surface area contributed by atoms with E-state index in [9.17, 15) is 9.59 Å². The van der Waals surface area contributed by atoms with Crippen molar-refractivity contribution in [2.24, 2.45) is 0 Å². The minimum absolute atomic E-state index is 0.0414. The quantitative estimate of drug-likeness (QED) is 0.800. The minimum Gasteiger partial charge on any atom is -0.335 e. The molecule has 2 rings (SSSR count). The van der Waals surface area contributed by atoms with Crippen LogP contribution < -0.4 is 0 Å². The maximum Gasteiger partial charge on any atom is 0.222 e. The number of carbonyl (C=O) groups excluding carboxylic acids is 2. The Labute approximate surface area is 116 Å². The summed E-state index contributed by atoms with van der Waals surface area (Å²) in [7, 11) is 0. The van der Waals surface area contributed by atoms with Crippen molar-refractivity contribution in [3.05, 3.63) is 33.8 Å². The Bertz CT molecular complexity index is 488. The molecule has 0 aliphatic carbocycles. The van der Waals surface area contributed by atoms with Crippen LogP contribution in [0, 0.1) is 0 Å². The van der Waals surface area contributed by atoms with Gasteiger partial charge in [0.05, 0.1) is 11.6 Å². The van der Waals surface area contributed by atoms with Crippen molar-refractivity contribution < 1.29 is 9.59 Å². The number of nitrogens with zero attached hydrogens (tertiary/aromatic N) is 1. The Balaban J connectivity index is 2.09. The second-order valence-electron chi connectivity index (χ2n) is 4.32. The van der Waals surface area contributed by atoms with Crippen LogP contribution in [0.2, 0.25) is 10.0 Å². The number of piperidine rings is 1. The highest BCUT2D eigenvalue weighted by molar-refractivity contribution is 6.36. The fourth-order valence-corrected chi connectivity index (χ4v) is 2.52. The zero-order valence-electron chi connectivity index (χ0n) is 9.79. The van der Waals surface area contributed by atoms with Gasteiger partial charge in [0.1, 0.15) is 0 Å². The number of amides is 1. The molecule has 1 saturated heterocycles. The smallest absolute Gasteiger partial charge is 0.222 e. The normalized spacial score (nSPS) is 15.9. The molecule has 18 heavy (non-hydrogen) atoms. The van der Waals surface area contributed by atoms with Gasteiger partial charge < -0.3 is 4.90 Å². The van der Waals surface area contributed by atoms with Crippen molar-refractivity contribution >= 4 is 34.9 Å². The van der Waals surface area contributed by atoms with Crippen LogP contribution in [-0.2, 0) is 4.79 Å². The van der Waals surface area contributed by atoms with Gasteiger partial charge in [-0.1, -0.05) is 23.2 Å². The number of ketones is 1. The Morgan fingerprint density at radius 1 is 1.28 bits per heavy atom. The zero-order valence-corrected chi connectivity index (χ0v) is 11.3. The number of halogens is 2. The third kappa shape index (κ3) is 3.03. The van der Waals surface area contributed by atoms with Crippen LogP contribution >= 0.6 is 23.2 Å². The van der Waals surface area contributed by atoms with Crippen LogP contribution in [0.25, 0.3) is 0 Å². The molecule has 0 N–H and O–H groups in total. The van der Waals surface area contributed by atoms with Crippen molar-refractivity contribution in [1.82, 2.24) is 4.90 Å². The summed E-state index contributed by atoms with van der Waals surface area (Å²) in [5.74, 6) is -0.105. The number of Topliss-reactive ketones (excluding diaryl/α,β-unsaturated/α-hetero) is 1. The summed E-state index contributed by atoms with van der Waals surface area (Å²) in [5, 5.41) is 0.822. The van der Waals surface area contributed by atoms with E-state index in [1.165, 1.54) is 6.07 Å². The lowest BCUT2D eigenvalue weighted by molar-refractivity contribution is -0.132. The summed E-state index contributed by atoms with van der Waals surface area (Å²) in [6.45, 7) is 0.746. The predicted molar refractivity (Wildman–Crippen MR) is 71.2 cm³/mol. The van der Waals surface area contributed by atoms with Crippen LogP contribution in [0.4, 0.5) is 0 Å². The highest BCUT2D eigenvalue weighted by Gasteiger charge is 2.22. The molecule has 1 aromatic carbocycles. The first kappa shape index (κ1) is 13.4. The van der Waals surface area contributed by atoms with E-state index in [1.54, 1.807) is 17.0 Å². The SMILES string of the molecule is O=C(CN1CCCCC1=O)c1ccc(Cl)cc1Cl. The van der Waals surface area contributed by atoms with Gasteiger partial charge in [0.15, 0.2) is 5.78 Å². The average molecular weight is 286 g/mol. The molecule has 1 aliphatic heterocycles. The predicted octanol–water partition coefficient (Wildman–Crippen LogP) is 3.19. The fraction of sp³-hybridized carbons (Fsp3) is 0.385. The molecular weight excluding hydrogens is 273 g/mol. The maximum absolute atomic E-state index is 12.1. The number of carbonyl (C=O) groups is 2. The molecule has 0 bridgehead atoms. The molecular formula is C13H13Cl2NO2. The van der Waals surface area contributed by atoms with Gasteiger partial charge in [-0.05, 0) is 31.0 Å². The van der Waals surface area contributed by atoms with E-state index < -0.39 is 0 Å². The van der Waals surface area contributed by atoms with Crippen LogP contribution in [0.1, 0.15) is 29.6 Å². The van der Waals surface area contributed by atoms with Gasteiger partial charge in [-0.15, -0.1) is 0 Å². The first-order valence-corrected chi connectivity index (χ1v) is 6.59. The number of hydrogen-bond donors (Lipinski definition) is 0. The topological polar surface area (TPSA) is 37.4 Å². The van der Waals surface area contributed by atoms with Gasteiger partial charge in [0.25, 0.3) is 0 Å². The number of hydrogen-bond acceptors (Lipinski definition) is 2. The van der Waals surface area contributed by atoms with E-state index in [-0.39, 0.29) is 18.2 Å². The Morgan fingerprint density at radius 3 is 2.72 bits per heavy atom. The van der Waals surface area contributed by atoms with E-state index >= 15 is 0 Å². The number of rotatable bonds is 3. The molecule has 0 spiro atoms. The molecule has 1 heterocycles. The molecule has 1 fully saturated rings. The highest BCUT2D eigenvalue weighted by atomic mass is 35.5. The van der Waals surface area contributed by atoms with Crippen LogP contribution in [-0.4, -0.2) is 29.7 Å². The minimum atomic E-state index is -0.146. The van der Waals surface area contributed by atoms with E-state index in [0.29, 0.717) is 28.6 Å². The second kappa shape index (κ2) is 5.72. The Morgan fingerprint density at radius 2 is 2.06 bits per heavy atom. The Kier molecular flexibility index (Phi) is 4.25. The Hall–Kier alpha value is -1.06. The highest BCUT2D eigenvalue weighted by Crippen LogP contribution is 2.22. The van der Waals surface area contributed by atoms with Crippen molar-refractivity contribution in [2.75, 3.05) is 13.1 Å². The molecule has 1 aliphatic rings. The molecule has 0 saturated carbocycles. The van der Waals surface area contributed by atoms with E-state index in [1.807, 2.05) is 0 Å². The van der Waals surface area contributed by atoms with Crippen molar-refractivity contribution in [1.29, 1.82) is 0 Å². The lowest BCUT2D eigenvalue weighted by atomic mass is 10.1. The molecule has 0 aromatic heterocycles. The van der Waals surface area contributed by atoms with Crippen molar-refractivity contribution in [3.63, 3.8) is 0 Å². The van der Waals surface area contributed by atoms with Gasteiger partial charge in [0.2, 0.25) is 5.91 Å². The summed E-state index contributed by atoms with van der Waals surface area (Å²) in [6.07, 6.45) is 2.39. The zero-order chi connectivity index (χ0) is 13.1. The van der Waals surface area contributed by atoms with Crippen molar-refractivity contribution in [3.8, 4) is 0 Å². The van der Waals surface area contributed by atoms with Gasteiger partial charge in [-0.3, -0.25) is 9.59 Å². The molecule has 0 atom stereocenters. The van der Waals surface area contributed by atoms with Gasteiger partial charge in [-0.25, -0.2) is 0 Å². The first-order valence-electron chi connectivity index (χ1n) is 5.84. The van der Waals surface area contributed by atoms with Crippen LogP contribution in [0.5, 0.6) is 0 Å². The maximum atomic E-state index is 12.1. The van der Waals surface area contributed by atoms with E-state index in [0.717, 1.165) is 12.8 Å². The summed E-state index contributed by atoms with van der Waals surface area (Å²) >= 11 is 11.7. The van der Waals surface area contributed by atoms with Gasteiger partial charge in [-0.2, -0.15) is 0 Å². The summed E-state index contributed by atoms with van der Waals surface area (Å²) in [4.78, 5) is 25.3. The lowest BCUT2D eigenvalue weighted by Crippen LogP contribution is -2.39. The molecule has 1 amide bonds. The molecule has 1 aromatic rings. The largest absolute Gasteiger partial charge is 0.335 e. The molecule has 5 heteroatoms. The summed E-state index contributed by atoms with van der Waals surface area (Å²) < 4.78 is 0. The van der Waals surface area contributed by atoms with Crippen LogP contribution in [0.15, 0.2) is 18.2 Å². The van der Waals surface area contributed by atoms with E-state index in [2.05, 4.69) is 0 Å². The molecule has 0 unspecified atom stereocenters. The van der Waals surface area contributed by atoms with Gasteiger partial charge in [0, 0.05) is 23.6 Å². The van der Waals surface area contributed by atoms with E-state index in [4.69, 9.17) is 23.2 Å². The number of benzene rings is 1. The third-order valence-corrected chi connectivity index (χ3v) is 3.54. The lowest BCUT2D eigenvalue weighted by Gasteiger charge is -2.26. The molecule has 96 valence electrons.